The number of fused-ring (bicyclic) bond motifs is 1. The lowest BCUT2D eigenvalue weighted by Crippen LogP contribution is -1.92. The van der Waals surface area contributed by atoms with Gasteiger partial charge in [0.2, 0.25) is 0 Å². The molecule has 0 N–H and O–H groups in total. The molecule has 0 saturated carbocycles. The van der Waals surface area contributed by atoms with Gasteiger partial charge in [-0.25, -0.2) is 9.97 Å². The maximum Gasteiger partial charge on any atom is 0.164 e. The lowest BCUT2D eigenvalue weighted by molar-refractivity contribution is 0.733. The minimum absolute atomic E-state index is 0.407. The third-order valence-corrected chi connectivity index (χ3v) is 3.92. The van der Waals surface area contributed by atoms with E-state index in [0.29, 0.717) is 15.7 Å². The summed E-state index contributed by atoms with van der Waals surface area (Å²) in [4.78, 5) is 8.80. The van der Waals surface area contributed by atoms with Crippen LogP contribution in [0.15, 0.2) is 10.8 Å². The molecule has 2 aromatic heterocycles. The first kappa shape index (κ1) is 11.9. The highest BCUT2D eigenvalue weighted by atomic mass is 79.9. The van der Waals surface area contributed by atoms with E-state index in [1.807, 2.05) is 11.6 Å². The Morgan fingerprint density at radius 2 is 2.19 bits per heavy atom. The van der Waals surface area contributed by atoms with Crippen LogP contribution in [-0.2, 0) is 7.05 Å². The predicted molar refractivity (Wildman–Crippen MR) is 69.9 cm³/mol. The number of aryl methyl sites for hydroxylation is 1. The highest BCUT2D eigenvalue weighted by molar-refractivity contribution is 9.10. The molecule has 0 radical (unpaired) electrons. The van der Waals surface area contributed by atoms with Crippen molar-refractivity contribution in [2.75, 3.05) is 0 Å². The van der Waals surface area contributed by atoms with Gasteiger partial charge in [-0.05, 0) is 28.3 Å². The number of hydrogen-bond donors (Lipinski definition) is 0. The number of nitrogens with zero attached hydrogens (tertiary/aromatic N) is 3. The van der Waals surface area contributed by atoms with Gasteiger partial charge < -0.3 is 4.57 Å². The molecule has 1 unspecified atom stereocenters. The molecule has 1 atom stereocenters. The number of rotatable bonds is 2. The standard InChI is InChI=1S/C11H13BrClN3/c1-4-6(2)7-5-16(3)11-8(7)14-9(12)10(13)15-11/h5-6H,4H2,1-3H3. The summed E-state index contributed by atoms with van der Waals surface area (Å²) in [6.07, 6.45) is 3.17. The topological polar surface area (TPSA) is 30.7 Å². The minimum atomic E-state index is 0.407. The van der Waals surface area contributed by atoms with E-state index in [1.54, 1.807) is 0 Å². The van der Waals surface area contributed by atoms with E-state index >= 15 is 0 Å². The quantitative estimate of drug-likeness (QED) is 0.842. The molecule has 2 heterocycles. The van der Waals surface area contributed by atoms with Gasteiger partial charge in [0.05, 0.1) is 0 Å². The third-order valence-electron chi connectivity index (χ3n) is 2.88. The Morgan fingerprint density at radius 1 is 1.50 bits per heavy atom. The van der Waals surface area contributed by atoms with Crippen molar-refractivity contribution in [1.82, 2.24) is 14.5 Å². The second kappa shape index (κ2) is 4.34. The fraction of sp³-hybridized carbons (Fsp3) is 0.455. The molecule has 0 amide bonds. The SMILES string of the molecule is CCC(C)c1cn(C)c2nc(Cl)c(Br)nc12. The molecule has 2 aromatic rings. The van der Waals surface area contributed by atoms with Gasteiger partial charge in [0, 0.05) is 18.8 Å². The van der Waals surface area contributed by atoms with E-state index in [9.17, 15) is 0 Å². The first-order chi connectivity index (χ1) is 7.54. The summed E-state index contributed by atoms with van der Waals surface area (Å²) in [7, 11) is 1.97. The van der Waals surface area contributed by atoms with Crippen LogP contribution in [0.5, 0.6) is 0 Å². The molecule has 0 saturated heterocycles. The van der Waals surface area contributed by atoms with E-state index < -0.39 is 0 Å². The van der Waals surface area contributed by atoms with Gasteiger partial charge in [-0.3, -0.25) is 0 Å². The second-order valence-electron chi connectivity index (χ2n) is 3.98. The van der Waals surface area contributed by atoms with Crippen LogP contribution >= 0.6 is 27.5 Å². The van der Waals surface area contributed by atoms with Crippen LogP contribution in [0.1, 0.15) is 31.7 Å². The largest absolute Gasteiger partial charge is 0.334 e. The molecule has 5 heteroatoms. The number of hydrogen-bond acceptors (Lipinski definition) is 2. The minimum Gasteiger partial charge on any atom is -0.334 e. The average Bonchev–Trinajstić information content (AvgIpc) is 2.56. The van der Waals surface area contributed by atoms with Crippen molar-refractivity contribution < 1.29 is 0 Å². The Kier molecular flexibility index (Phi) is 3.22. The Hall–Kier alpha value is -0.610. The van der Waals surface area contributed by atoms with Gasteiger partial charge in [-0.1, -0.05) is 25.4 Å². The lowest BCUT2D eigenvalue weighted by atomic mass is 10.0. The van der Waals surface area contributed by atoms with Crippen LogP contribution in [0.3, 0.4) is 0 Å². The lowest BCUT2D eigenvalue weighted by Gasteiger charge is -2.05. The van der Waals surface area contributed by atoms with Gasteiger partial charge >= 0.3 is 0 Å². The molecule has 0 fully saturated rings. The summed E-state index contributed by atoms with van der Waals surface area (Å²) in [5, 5.41) is 0.407. The predicted octanol–water partition coefficient (Wildman–Crippen LogP) is 3.90. The van der Waals surface area contributed by atoms with Crippen LogP contribution in [0.25, 0.3) is 11.2 Å². The molecule has 0 aliphatic rings. The first-order valence-electron chi connectivity index (χ1n) is 5.22. The molecule has 86 valence electrons. The molecular formula is C11H13BrClN3. The monoisotopic (exact) mass is 301 g/mol. The Morgan fingerprint density at radius 3 is 2.81 bits per heavy atom. The van der Waals surface area contributed by atoms with E-state index in [2.05, 4.69) is 45.9 Å². The van der Waals surface area contributed by atoms with Crippen molar-refractivity contribution in [1.29, 1.82) is 0 Å². The van der Waals surface area contributed by atoms with Crippen LogP contribution in [0, 0.1) is 0 Å². The molecule has 16 heavy (non-hydrogen) atoms. The van der Waals surface area contributed by atoms with Crippen LogP contribution in [0.2, 0.25) is 5.15 Å². The summed E-state index contributed by atoms with van der Waals surface area (Å²) >= 11 is 9.26. The fourth-order valence-electron chi connectivity index (χ4n) is 1.74. The Labute approximate surface area is 108 Å². The zero-order chi connectivity index (χ0) is 11.9. The summed E-state index contributed by atoms with van der Waals surface area (Å²) in [5.74, 6) is 0.478. The van der Waals surface area contributed by atoms with Crippen molar-refractivity contribution in [2.24, 2.45) is 7.05 Å². The van der Waals surface area contributed by atoms with E-state index in [0.717, 1.165) is 17.6 Å². The maximum absolute atomic E-state index is 5.95. The highest BCUT2D eigenvalue weighted by Crippen LogP contribution is 2.29. The van der Waals surface area contributed by atoms with Gasteiger partial charge in [0.25, 0.3) is 0 Å². The molecule has 0 aliphatic carbocycles. The summed E-state index contributed by atoms with van der Waals surface area (Å²) in [6, 6.07) is 0. The van der Waals surface area contributed by atoms with Crippen molar-refractivity contribution in [3.8, 4) is 0 Å². The maximum atomic E-state index is 5.95. The summed E-state index contributed by atoms with van der Waals surface area (Å²) < 4.78 is 2.58. The molecule has 2 rings (SSSR count). The van der Waals surface area contributed by atoms with E-state index in [1.165, 1.54) is 5.56 Å². The third kappa shape index (κ3) is 1.84. The van der Waals surface area contributed by atoms with Gasteiger partial charge in [0.15, 0.2) is 10.8 Å². The molecule has 0 bridgehead atoms. The second-order valence-corrected chi connectivity index (χ2v) is 5.09. The molecule has 3 nitrogen and oxygen atoms in total. The molecular weight excluding hydrogens is 289 g/mol. The Bertz CT molecular complexity index is 535. The number of aromatic nitrogens is 3. The van der Waals surface area contributed by atoms with Crippen molar-refractivity contribution in [2.45, 2.75) is 26.2 Å². The zero-order valence-electron chi connectivity index (χ0n) is 9.46. The van der Waals surface area contributed by atoms with Gasteiger partial charge in [0.1, 0.15) is 10.1 Å². The molecule has 0 aliphatic heterocycles. The zero-order valence-corrected chi connectivity index (χ0v) is 11.8. The van der Waals surface area contributed by atoms with Crippen LogP contribution in [0.4, 0.5) is 0 Å². The number of halogens is 2. The Balaban J connectivity index is 2.73. The summed E-state index contributed by atoms with van der Waals surface area (Å²) in [6.45, 7) is 4.36. The average molecular weight is 303 g/mol. The van der Waals surface area contributed by atoms with Crippen molar-refractivity contribution in [3.63, 3.8) is 0 Å². The van der Waals surface area contributed by atoms with Crippen LogP contribution < -0.4 is 0 Å². The van der Waals surface area contributed by atoms with E-state index in [-0.39, 0.29) is 0 Å². The molecule has 0 aromatic carbocycles. The van der Waals surface area contributed by atoms with E-state index in [4.69, 9.17) is 11.6 Å². The fourth-order valence-corrected chi connectivity index (χ4v) is 2.13. The first-order valence-corrected chi connectivity index (χ1v) is 6.39. The van der Waals surface area contributed by atoms with Crippen LogP contribution in [-0.4, -0.2) is 14.5 Å². The van der Waals surface area contributed by atoms with Gasteiger partial charge in [-0.2, -0.15) is 0 Å². The van der Waals surface area contributed by atoms with Gasteiger partial charge in [-0.15, -0.1) is 0 Å². The van der Waals surface area contributed by atoms with Crippen molar-refractivity contribution in [3.05, 3.63) is 21.5 Å². The smallest absolute Gasteiger partial charge is 0.164 e. The highest BCUT2D eigenvalue weighted by Gasteiger charge is 2.16. The summed E-state index contributed by atoms with van der Waals surface area (Å²) in [5.41, 5.74) is 3.00. The molecule has 0 spiro atoms. The normalized spacial score (nSPS) is 13.3. The van der Waals surface area contributed by atoms with Crippen molar-refractivity contribution >= 4 is 38.7 Å².